The Balaban J connectivity index is 2.59. The molecule has 0 saturated heterocycles. The molecular weight excluding hydrogens is 336 g/mol. The van der Waals surface area contributed by atoms with Crippen LogP contribution < -0.4 is 9.64 Å². The Morgan fingerprint density at radius 2 is 1.48 bits per heavy atom. The first kappa shape index (κ1) is 23.4. The largest absolute Gasteiger partial charge is 0.493 e. The molecule has 0 heterocycles. The van der Waals surface area contributed by atoms with E-state index in [1.54, 1.807) is 0 Å². The summed E-state index contributed by atoms with van der Waals surface area (Å²) in [6.45, 7) is 20.9. The SMILES string of the molecule is C=Nc1ccc(OCCCN(CC)CC)cc1N(C)CCCN(CC)CC. The van der Waals surface area contributed by atoms with Crippen LogP contribution in [0.5, 0.6) is 5.75 Å². The highest BCUT2D eigenvalue weighted by Crippen LogP contribution is 2.32. The molecule has 0 aliphatic heterocycles. The second-order valence-corrected chi connectivity index (χ2v) is 6.84. The predicted octanol–water partition coefficient (Wildman–Crippen LogP) is 4.30. The minimum Gasteiger partial charge on any atom is -0.493 e. The lowest BCUT2D eigenvalue weighted by Gasteiger charge is -2.24. The lowest BCUT2D eigenvalue weighted by molar-refractivity contribution is 0.249. The van der Waals surface area contributed by atoms with Gasteiger partial charge in [0.05, 0.1) is 18.0 Å². The Morgan fingerprint density at radius 1 is 0.889 bits per heavy atom. The van der Waals surface area contributed by atoms with Crippen molar-refractivity contribution in [2.45, 2.75) is 40.5 Å². The van der Waals surface area contributed by atoms with Crippen LogP contribution in [0.25, 0.3) is 0 Å². The molecule has 27 heavy (non-hydrogen) atoms. The van der Waals surface area contributed by atoms with Crippen LogP contribution >= 0.6 is 0 Å². The molecule has 5 nitrogen and oxygen atoms in total. The molecule has 1 aromatic rings. The molecule has 0 amide bonds. The third-order valence-electron chi connectivity index (χ3n) is 5.17. The van der Waals surface area contributed by atoms with Crippen LogP contribution in [0, 0.1) is 0 Å². The van der Waals surface area contributed by atoms with Gasteiger partial charge in [0.15, 0.2) is 0 Å². The van der Waals surface area contributed by atoms with Crippen molar-refractivity contribution in [3.8, 4) is 5.75 Å². The van der Waals surface area contributed by atoms with E-state index >= 15 is 0 Å². The van der Waals surface area contributed by atoms with Crippen molar-refractivity contribution in [2.75, 3.05) is 64.4 Å². The molecule has 1 aromatic carbocycles. The van der Waals surface area contributed by atoms with E-state index in [1.165, 1.54) is 0 Å². The van der Waals surface area contributed by atoms with Gasteiger partial charge >= 0.3 is 0 Å². The van der Waals surface area contributed by atoms with E-state index in [0.29, 0.717) is 0 Å². The average Bonchev–Trinajstić information content (AvgIpc) is 2.71. The van der Waals surface area contributed by atoms with Crippen molar-refractivity contribution in [3.63, 3.8) is 0 Å². The first-order chi connectivity index (χ1) is 13.1. The lowest BCUT2D eigenvalue weighted by Crippen LogP contribution is -2.28. The summed E-state index contributed by atoms with van der Waals surface area (Å²) in [6.07, 6.45) is 2.17. The number of benzene rings is 1. The molecule has 0 saturated carbocycles. The number of hydrogen-bond donors (Lipinski definition) is 0. The maximum atomic E-state index is 5.99. The van der Waals surface area contributed by atoms with Gasteiger partial charge in [-0.05, 0) is 64.4 Å². The highest BCUT2D eigenvalue weighted by molar-refractivity contribution is 5.70. The molecule has 0 aliphatic carbocycles. The minimum atomic E-state index is 0.739. The average molecular weight is 377 g/mol. The summed E-state index contributed by atoms with van der Waals surface area (Å²) in [7, 11) is 2.12. The molecule has 0 radical (unpaired) electrons. The smallest absolute Gasteiger partial charge is 0.121 e. The van der Waals surface area contributed by atoms with Crippen LogP contribution in [0.15, 0.2) is 23.2 Å². The third-order valence-corrected chi connectivity index (χ3v) is 5.17. The number of rotatable bonds is 15. The van der Waals surface area contributed by atoms with Gasteiger partial charge in [0.25, 0.3) is 0 Å². The van der Waals surface area contributed by atoms with Gasteiger partial charge < -0.3 is 19.4 Å². The minimum absolute atomic E-state index is 0.739. The van der Waals surface area contributed by atoms with Crippen LogP contribution in [0.3, 0.4) is 0 Å². The molecule has 0 atom stereocenters. The Bertz CT molecular complexity index is 527. The van der Waals surface area contributed by atoms with Gasteiger partial charge in [-0.1, -0.05) is 27.7 Å². The van der Waals surface area contributed by atoms with Crippen molar-refractivity contribution >= 4 is 18.1 Å². The summed E-state index contributed by atoms with van der Waals surface area (Å²) >= 11 is 0. The summed E-state index contributed by atoms with van der Waals surface area (Å²) < 4.78 is 5.99. The summed E-state index contributed by atoms with van der Waals surface area (Å²) in [5.41, 5.74) is 2.00. The predicted molar refractivity (Wildman–Crippen MR) is 119 cm³/mol. The quantitative estimate of drug-likeness (QED) is 0.337. The second kappa shape index (κ2) is 13.6. The number of anilines is 1. The molecule has 0 fully saturated rings. The van der Waals surface area contributed by atoms with Crippen LogP contribution in [-0.2, 0) is 0 Å². The summed E-state index contributed by atoms with van der Waals surface area (Å²) in [5, 5.41) is 0. The number of nitrogens with zero attached hydrogens (tertiary/aromatic N) is 4. The first-order valence-electron chi connectivity index (χ1n) is 10.5. The van der Waals surface area contributed by atoms with Crippen LogP contribution in [0.1, 0.15) is 40.5 Å². The maximum Gasteiger partial charge on any atom is 0.121 e. The molecule has 154 valence electrons. The molecule has 0 aromatic heterocycles. The Labute approximate surface area is 167 Å². The van der Waals surface area contributed by atoms with Gasteiger partial charge in [0.1, 0.15) is 5.75 Å². The van der Waals surface area contributed by atoms with Gasteiger partial charge in [-0.15, -0.1) is 0 Å². The van der Waals surface area contributed by atoms with E-state index in [1.807, 2.05) is 12.1 Å². The van der Waals surface area contributed by atoms with Gasteiger partial charge in [0, 0.05) is 26.2 Å². The zero-order valence-corrected chi connectivity index (χ0v) is 18.2. The van der Waals surface area contributed by atoms with Crippen LogP contribution in [-0.4, -0.2) is 76.0 Å². The Morgan fingerprint density at radius 3 is 2.04 bits per heavy atom. The fraction of sp³-hybridized carbons (Fsp3) is 0.682. The van der Waals surface area contributed by atoms with Crippen molar-refractivity contribution in [1.29, 1.82) is 0 Å². The van der Waals surface area contributed by atoms with E-state index in [9.17, 15) is 0 Å². The standard InChI is InChI=1S/C22H40N4O/c1-7-25(8-2)16-11-15-24(6)22-19-20(13-14-21(22)23-5)27-18-12-17-26(9-3)10-4/h13-14,19H,5,7-12,15-18H2,1-4,6H3. The maximum absolute atomic E-state index is 5.99. The molecule has 0 aliphatic rings. The normalized spacial score (nSPS) is 11.2. The van der Waals surface area contributed by atoms with Gasteiger partial charge in [-0.3, -0.25) is 4.99 Å². The molecule has 0 N–H and O–H groups in total. The fourth-order valence-corrected chi connectivity index (χ4v) is 3.24. The van der Waals surface area contributed by atoms with Crippen molar-refractivity contribution < 1.29 is 4.74 Å². The molecule has 1 rings (SSSR count). The van der Waals surface area contributed by atoms with Gasteiger partial charge in [0.2, 0.25) is 0 Å². The third kappa shape index (κ3) is 8.31. The Kier molecular flexibility index (Phi) is 11.8. The van der Waals surface area contributed by atoms with E-state index in [0.717, 1.165) is 82.4 Å². The number of hydrogen-bond acceptors (Lipinski definition) is 5. The number of aliphatic imine (C=N–C) groups is 1. The van der Waals surface area contributed by atoms with Gasteiger partial charge in [-0.25, -0.2) is 0 Å². The Hall–Kier alpha value is -1.59. The second-order valence-electron chi connectivity index (χ2n) is 6.84. The van der Waals surface area contributed by atoms with E-state index in [-0.39, 0.29) is 0 Å². The topological polar surface area (TPSA) is 31.3 Å². The first-order valence-corrected chi connectivity index (χ1v) is 10.5. The van der Waals surface area contributed by atoms with Crippen molar-refractivity contribution in [2.24, 2.45) is 4.99 Å². The number of ether oxygens (including phenoxy) is 1. The lowest BCUT2D eigenvalue weighted by atomic mass is 10.2. The highest BCUT2D eigenvalue weighted by atomic mass is 16.5. The molecular formula is C22H40N4O. The summed E-state index contributed by atoms with van der Waals surface area (Å²) in [5.74, 6) is 0.910. The van der Waals surface area contributed by atoms with E-state index < -0.39 is 0 Å². The van der Waals surface area contributed by atoms with Crippen LogP contribution in [0.4, 0.5) is 11.4 Å². The molecule has 0 spiro atoms. The monoisotopic (exact) mass is 376 g/mol. The summed E-state index contributed by atoms with van der Waals surface area (Å²) in [4.78, 5) is 11.3. The van der Waals surface area contributed by atoms with Crippen molar-refractivity contribution in [3.05, 3.63) is 18.2 Å². The highest BCUT2D eigenvalue weighted by Gasteiger charge is 2.10. The van der Waals surface area contributed by atoms with Crippen LogP contribution in [0.2, 0.25) is 0 Å². The van der Waals surface area contributed by atoms with Crippen molar-refractivity contribution in [1.82, 2.24) is 9.80 Å². The summed E-state index contributed by atoms with van der Waals surface area (Å²) in [6, 6.07) is 6.09. The van der Waals surface area contributed by atoms with Gasteiger partial charge in [-0.2, -0.15) is 0 Å². The molecule has 0 bridgehead atoms. The zero-order chi connectivity index (χ0) is 20.1. The zero-order valence-electron chi connectivity index (χ0n) is 18.2. The van der Waals surface area contributed by atoms with E-state index in [2.05, 4.69) is 67.2 Å². The molecule has 0 unspecified atom stereocenters. The molecule has 5 heteroatoms. The van der Waals surface area contributed by atoms with E-state index in [4.69, 9.17) is 4.74 Å². The fourth-order valence-electron chi connectivity index (χ4n) is 3.24.